The van der Waals surface area contributed by atoms with Crippen LogP contribution in [0.15, 0.2) is 12.4 Å². The first-order chi connectivity index (χ1) is 12.2. The van der Waals surface area contributed by atoms with E-state index in [0.29, 0.717) is 6.61 Å². The van der Waals surface area contributed by atoms with Crippen molar-refractivity contribution in [3.8, 4) is 0 Å². The zero-order chi connectivity index (χ0) is 17.6. The lowest BCUT2D eigenvalue weighted by molar-refractivity contribution is -0.127. The highest BCUT2D eigenvalue weighted by atomic mass is 16.5. The molecule has 1 N–H and O–H groups in total. The number of nitrogens with zero attached hydrogens (tertiary/aromatic N) is 2. The number of imidazole rings is 1. The minimum Gasteiger partial charge on any atom is -0.370 e. The van der Waals surface area contributed by atoms with Gasteiger partial charge in [0.05, 0.1) is 0 Å². The number of aromatic nitrogens is 2. The zero-order valence-corrected chi connectivity index (χ0v) is 15.7. The van der Waals surface area contributed by atoms with Crippen LogP contribution < -0.4 is 5.32 Å². The van der Waals surface area contributed by atoms with Gasteiger partial charge in [0.25, 0.3) is 0 Å². The van der Waals surface area contributed by atoms with Crippen LogP contribution in [0.25, 0.3) is 0 Å². The van der Waals surface area contributed by atoms with Crippen LogP contribution >= 0.6 is 0 Å². The van der Waals surface area contributed by atoms with E-state index in [1.165, 1.54) is 32.1 Å². The SMILES string of the molecule is CC[C@H](CC1CCCCC1)C(=O)N[C@H]1CCO[C@@H](c2nccn2C)C1. The van der Waals surface area contributed by atoms with Crippen LogP contribution in [0.3, 0.4) is 0 Å². The Morgan fingerprint density at radius 2 is 2.16 bits per heavy atom. The van der Waals surface area contributed by atoms with Gasteiger partial charge in [0, 0.05) is 44.4 Å². The molecule has 0 bridgehead atoms. The summed E-state index contributed by atoms with van der Waals surface area (Å²) in [6.45, 7) is 2.83. The van der Waals surface area contributed by atoms with Crippen LogP contribution in [0.1, 0.15) is 76.6 Å². The van der Waals surface area contributed by atoms with Crippen LogP contribution in [-0.2, 0) is 16.6 Å². The van der Waals surface area contributed by atoms with Crippen LogP contribution in [0.2, 0.25) is 0 Å². The highest BCUT2D eigenvalue weighted by Gasteiger charge is 2.30. The summed E-state index contributed by atoms with van der Waals surface area (Å²) >= 11 is 0. The van der Waals surface area contributed by atoms with Gasteiger partial charge < -0.3 is 14.6 Å². The molecule has 2 fully saturated rings. The van der Waals surface area contributed by atoms with Gasteiger partial charge >= 0.3 is 0 Å². The number of amides is 1. The lowest BCUT2D eigenvalue weighted by atomic mass is 9.81. The summed E-state index contributed by atoms with van der Waals surface area (Å²) in [5, 5.41) is 3.31. The van der Waals surface area contributed by atoms with Gasteiger partial charge in [0.2, 0.25) is 5.91 Å². The highest BCUT2D eigenvalue weighted by molar-refractivity contribution is 5.78. The maximum absolute atomic E-state index is 12.8. The van der Waals surface area contributed by atoms with Crippen LogP contribution in [0, 0.1) is 11.8 Å². The summed E-state index contributed by atoms with van der Waals surface area (Å²) < 4.78 is 7.90. The summed E-state index contributed by atoms with van der Waals surface area (Å²) in [7, 11) is 1.99. The van der Waals surface area contributed by atoms with Crippen molar-refractivity contribution in [2.24, 2.45) is 18.9 Å². The van der Waals surface area contributed by atoms with Crippen molar-refractivity contribution in [3.05, 3.63) is 18.2 Å². The predicted molar refractivity (Wildman–Crippen MR) is 98.0 cm³/mol. The van der Waals surface area contributed by atoms with E-state index in [9.17, 15) is 4.79 Å². The van der Waals surface area contributed by atoms with Gasteiger partial charge in [-0.1, -0.05) is 39.0 Å². The molecule has 0 spiro atoms. The number of hydrogen-bond donors (Lipinski definition) is 1. The van der Waals surface area contributed by atoms with Crippen molar-refractivity contribution in [1.29, 1.82) is 0 Å². The Balaban J connectivity index is 1.52. The molecule has 1 amide bonds. The fourth-order valence-corrected chi connectivity index (χ4v) is 4.40. The van der Waals surface area contributed by atoms with E-state index in [1.54, 1.807) is 6.20 Å². The first kappa shape index (κ1) is 18.4. The highest BCUT2D eigenvalue weighted by Crippen LogP contribution is 2.31. The van der Waals surface area contributed by atoms with Crippen molar-refractivity contribution in [2.75, 3.05) is 6.61 Å². The van der Waals surface area contributed by atoms with Gasteiger partial charge in [0.15, 0.2) is 0 Å². The van der Waals surface area contributed by atoms with E-state index >= 15 is 0 Å². The number of carbonyl (C=O) groups excluding carboxylic acids is 1. The van der Waals surface area contributed by atoms with Crippen LogP contribution in [0.4, 0.5) is 0 Å². The molecule has 2 heterocycles. The van der Waals surface area contributed by atoms with Crippen molar-refractivity contribution in [2.45, 2.75) is 76.9 Å². The van der Waals surface area contributed by atoms with Gasteiger partial charge in [-0.05, 0) is 25.2 Å². The molecular formula is C20H33N3O2. The van der Waals surface area contributed by atoms with Gasteiger partial charge in [-0.25, -0.2) is 4.98 Å². The molecule has 1 saturated heterocycles. The first-order valence-electron chi connectivity index (χ1n) is 10.1. The monoisotopic (exact) mass is 347 g/mol. The molecule has 3 rings (SSSR count). The molecule has 25 heavy (non-hydrogen) atoms. The van der Waals surface area contributed by atoms with Gasteiger partial charge in [0.1, 0.15) is 11.9 Å². The van der Waals surface area contributed by atoms with Crippen LogP contribution in [-0.4, -0.2) is 28.1 Å². The third kappa shape index (κ3) is 4.84. The van der Waals surface area contributed by atoms with Gasteiger partial charge in [-0.15, -0.1) is 0 Å². The molecule has 0 unspecified atom stereocenters. The number of carbonyl (C=O) groups is 1. The summed E-state index contributed by atoms with van der Waals surface area (Å²) in [6.07, 6.45) is 14.1. The Kier molecular flexibility index (Phi) is 6.51. The van der Waals surface area contributed by atoms with E-state index in [1.807, 2.05) is 17.8 Å². The van der Waals surface area contributed by atoms with Crippen molar-refractivity contribution in [3.63, 3.8) is 0 Å². The van der Waals surface area contributed by atoms with Gasteiger partial charge in [-0.2, -0.15) is 0 Å². The smallest absolute Gasteiger partial charge is 0.223 e. The molecule has 1 aromatic rings. The molecule has 1 aliphatic carbocycles. The second-order valence-corrected chi connectivity index (χ2v) is 7.83. The Morgan fingerprint density at radius 1 is 1.36 bits per heavy atom. The number of hydrogen-bond acceptors (Lipinski definition) is 3. The van der Waals surface area contributed by atoms with Crippen LogP contribution in [0.5, 0.6) is 0 Å². The minimum absolute atomic E-state index is 0.0162. The summed E-state index contributed by atoms with van der Waals surface area (Å²) in [4.78, 5) is 17.2. The molecule has 1 saturated carbocycles. The average molecular weight is 348 g/mol. The molecule has 5 nitrogen and oxygen atoms in total. The summed E-state index contributed by atoms with van der Waals surface area (Å²) in [5.74, 6) is 2.11. The maximum Gasteiger partial charge on any atom is 0.223 e. The van der Waals surface area contributed by atoms with E-state index in [-0.39, 0.29) is 24.0 Å². The van der Waals surface area contributed by atoms with Crippen molar-refractivity contribution in [1.82, 2.24) is 14.9 Å². The largest absolute Gasteiger partial charge is 0.370 e. The predicted octanol–water partition coefficient (Wildman–Crippen LogP) is 3.75. The van der Waals surface area contributed by atoms with E-state index in [4.69, 9.17) is 4.74 Å². The normalized spacial score (nSPS) is 26.3. The average Bonchev–Trinajstić information content (AvgIpc) is 3.06. The molecule has 5 heteroatoms. The Hall–Kier alpha value is -1.36. The molecule has 3 atom stereocenters. The van der Waals surface area contributed by atoms with Crippen molar-refractivity contribution < 1.29 is 9.53 Å². The van der Waals surface area contributed by atoms with E-state index in [2.05, 4.69) is 17.2 Å². The topological polar surface area (TPSA) is 56.1 Å². The Morgan fingerprint density at radius 3 is 2.84 bits per heavy atom. The quantitative estimate of drug-likeness (QED) is 0.852. The number of rotatable bonds is 6. The number of ether oxygens (including phenoxy) is 1. The molecule has 0 radical (unpaired) electrons. The fraction of sp³-hybridized carbons (Fsp3) is 0.800. The number of aryl methyl sites for hydroxylation is 1. The number of nitrogens with one attached hydrogen (secondary N) is 1. The molecule has 140 valence electrons. The summed E-state index contributed by atoms with van der Waals surface area (Å²) in [6, 6.07) is 0.198. The van der Waals surface area contributed by atoms with Gasteiger partial charge in [-0.3, -0.25) is 4.79 Å². The summed E-state index contributed by atoms with van der Waals surface area (Å²) in [5.41, 5.74) is 0. The third-order valence-corrected chi connectivity index (χ3v) is 5.98. The first-order valence-corrected chi connectivity index (χ1v) is 10.1. The minimum atomic E-state index is -0.0162. The zero-order valence-electron chi connectivity index (χ0n) is 15.7. The third-order valence-electron chi connectivity index (χ3n) is 5.98. The molecular weight excluding hydrogens is 314 g/mol. The Bertz CT molecular complexity index is 551. The lowest BCUT2D eigenvalue weighted by Gasteiger charge is -2.31. The molecule has 0 aromatic carbocycles. The lowest BCUT2D eigenvalue weighted by Crippen LogP contribution is -2.43. The fourth-order valence-electron chi connectivity index (χ4n) is 4.40. The van der Waals surface area contributed by atoms with E-state index < -0.39 is 0 Å². The second kappa shape index (κ2) is 8.84. The maximum atomic E-state index is 12.8. The van der Waals surface area contributed by atoms with Crippen molar-refractivity contribution >= 4 is 5.91 Å². The van der Waals surface area contributed by atoms with E-state index in [0.717, 1.165) is 37.4 Å². The second-order valence-electron chi connectivity index (χ2n) is 7.83. The standard InChI is InChI=1S/C20H33N3O2/c1-3-16(13-15-7-5-4-6-8-15)20(24)22-17-9-12-25-18(14-17)19-21-10-11-23(19)2/h10-11,15-18H,3-9,12-14H2,1-2H3,(H,22,24)/t16-,17+,18-/m1/s1. The molecule has 1 aliphatic heterocycles. The molecule has 1 aromatic heterocycles. The Labute approximate surface area is 151 Å². The molecule has 2 aliphatic rings.